The molecule has 1 heterocycles. The lowest BCUT2D eigenvalue weighted by molar-refractivity contribution is -0.136. The Hall–Kier alpha value is -2.13. The Morgan fingerprint density at radius 2 is 1.44 bits per heavy atom. The Morgan fingerprint density at radius 3 is 2.07 bits per heavy atom. The van der Waals surface area contributed by atoms with Gasteiger partial charge in [0, 0.05) is 32.7 Å². The first-order chi connectivity index (χ1) is 13.3. The summed E-state index contributed by atoms with van der Waals surface area (Å²) in [5.41, 5.74) is 2.56. The molecular formula is C24H30N2O. The molecule has 1 aliphatic carbocycles. The molecule has 1 saturated carbocycles. The molecule has 1 amide bonds. The van der Waals surface area contributed by atoms with Crippen molar-refractivity contribution in [1.29, 1.82) is 0 Å². The monoisotopic (exact) mass is 362 g/mol. The molecule has 0 unspecified atom stereocenters. The van der Waals surface area contributed by atoms with Crippen LogP contribution in [-0.2, 0) is 11.3 Å². The van der Waals surface area contributed by atoms with E-state index in [1.807, 2.05) is 6.07 Å². The fraction of sp³-hybridized carbons (Fsp3) is 0.458. The van der Waals surface area contributed by atoms with E-state index < -0.39 is 0 Å². The predicted molar refractivity (Wildman–Crippen MR) is 109 cm³/mol. The average Bonchev–Trinajstić information content (AvgIpc) is 3.24. The Kier molecular flexibility index (Phi) is 5.88. The normalized spacial score (nSPS) is 19.9. The molecule has 0 spiro atoms. The highest BCUT2D eigenvalue weighted by molar-refractivity contribution is 5.84. The molecule has 3 nitrogen and oxygen atoms in total. The Labute approximate surface area is 163 Å². The maximum Gasteiger partial charge on any atom is 0.230 e. The molecule has 2 aromatic carbocycles. The largest absolute Gasteiger partial charge is 0.340 e. The van der Waals surface area contributed by atoms with E-state index >= 15 is 0 Å². The van der Waals surface area contributed by atoms with Crippen LogP contribution < -0.4 is 0 Å². The van der Waals surface area contributed by atoms with Crippen molar-refractivity contribution in [2.24, 2.45) is 5.92 Å². The Balaban J connectivity index is 1.40. The molecule has 0 radical (unpaired) electrons. The van der Waals surface area contributed by atoms with Gasteiger partial charge >= 0.3 is 0 Å². The van der Waals surface area contributed by atoms with Crippen LogP contribution in [0.1, 0.15) is 42.7 Å². The molecule has 0 aromatic heterocycles. The lowest BCUT2D eigenvalue weighted by Gasteiger charge is -2.37. The van der Waals surface area contributed by atoms with Crippen molar-refractivity contribution in [3.05, 3.63) is 71.8 Å². The van der Waals surface area contributed by atoms with Crippen molar-refractivity contribution in [3.63, 3.8) is 0 Å². The summed E-state index contributed by atoms with van der Waals surface area (Å²) in [5, 5.41) is 0. The van der Waals surface area contributed by atoms with Crippen molar-refractivity contribution in [1.82, 2.24) is 9.80 Å². The van der Waals surface area contributed by atoms with Crippen LogP contribution in [0.4, 0.5) is 0 Å². The summed E-state index contributed by atoms with van der Waals surface area (Å²) < 4.78 is 0. The van der Waals surface area contributed by atoms with Gasteiger partial charge < -0.3 is 4.90 Å². The third-order valence-corrected chi connectivity index (χ3v) is 6.23. The standard InChI is InChI=1S/C24H30N2O/c27-24(23(22-13-7-8-14-22)21-11-5-2-6-12-21)26-17-15-25(16-18-26)19-20-9-3-1-4-10-20/h1-6,9-12,22-23H,7-8,13-19H2/t23-/m1/s1. The lowest BCUT2D eigenvalue weighted by atomic mass is 9.83. The van der Waals surface area contributed by atoms with E-state index in [4.69, 9.17) is 0 Å². The van der Waals surface area contributed by atoms with Crippen LogP contribution in [0.3, 0.4) is 0 Å². The average molecular weight is 363 g/mol. The number of carbonyl (C=O) groups is 1. The Bertz CT molecular complexity index is 717. The summed E-state index contributed by atoms with van der Waals surface area (Å²) in [5.74, 6) is 0.920. The van der Waals surface area contributed by atoms with E-state index in [1.165, 1.54) is 36.8 Å². The van der Waals surface area contributed by atoms with Crippen LogP contribution in [-0.4, -0.2) is 41.9 Å². The topological polar surface area (TPSA) is 23.6 Å². The van der Waals surface area contributed by atoms with E-state index in [9.17, 15) is 4.79 Å². The van der Waals surface area contributed by atoms with E-state index in [0.717, 1.165) is 32.7 Å². The highest BCUT2D eigenvalue weighted by atomic mass is 16.2. The van der Waals surface area contributed by atoms with E-state index in [2.05, 4.69) is 64.4 Å². The highest BCUT2D eigenvalue weighted by Crippen LogP contribution is 2.38. The summed E-state index contributed by atoms with van der Waals surface area (Å²) in [6, 6.07) is 21.1. The second kappa shape index (κ2) is 8.71. The second-order valence-corrected chi connectivity index (χ2v) is 8.02. The van der Waals surface area contributed by atoms with E-state index in [1.54, 1.807) is 0 Å². The summed E-state index contributed by atoms with van der Waals surface area (Å²) in [4.78, 5) is 18.0. The molecule has 2 fully saturated rings. The molecule has 2 aliphatic rings. The second-order valence-electron chi connectivity index (χ2n) is 8.02. The molecule has 0 bridgehead atoms. The van der Waals surface area contributed by atoms with Gasteiger partial charge in [-0.05, 0) is 29.9 Å². The summed E-state index contributed by atoms with van der Waals surface area (Å²) in [7, 11) is 0. The van der Waals surface area contributed by atoms with Gasteiger partial charge in [0.25, 0.3) is 0 Å². The first-order valence-corrected chi connectivity index (χ1v) is 10.4. The fourth-order valence-electron chi connectivity index (χ4n) is 4.73. The number of amides is 1. The minimum atomic E-state index is 0.0503. The zero-order valence-corrected chi connectivity index (χ0v) is 16.1. The first-order valence-electron chi connectivity index (χ1n) is 10.4. The number of piperazine rings is 1. The van der Waals surface area contributed by atoms with Crippen molar-refractivity contribution in [2.45, 2.75) is 38.1 Å². The molecule has 0 N–H and O–H groups in total. The summed E-state index contributed by atoms with van der Waals surface area (Å²) >= 11 is 0. The number of rotatable bonds is 5. The number of benzene rings is 2. The van der Waals surface area contributed by atoms with Gasteiger partial charge in [-0.25, -0.2) is 0 Å². The third kappa shape index (κ3) is 4.41. The molecule has 1 saturated heterocycles. The number of nitrogens with zero attached hydrogens (tertiary/aromatic N) is 2. The summed E-state index contributed by atoms with van der Waals surface area (Å²) in [6.07, 6.45) is 4.93. The number of carbonyl (C=O) groups excluding carboxylic acids is 1. The molecule has 142 valence electrons. The lowest BCUT2D eigenvalue weighted by Crippen LogP contribution is -2.50. The first kappa shape index (κ1) is 18.2. The van der Waals surface area contributed by atoms with Gasteiger partial charge in [0.2, 0.25) is 5.91 Å². The van der Waals surface area contributed by atoms with Gasteiger partial charge in [-0.3, -0.25) is 9.69 Å². The van der Waals surface area contributed by atoms with Gasteiger partial charge in [-0.1, -0.05) is 73.5 Å². The predicted octanol–water partition coefficient (Wildman–Crippen LogP) is 4.30. The zero-order chi connectivity index (χ0) is 18.5. The molecule has 27 heavy (non-hydrogen) atoms. The van der Waals surface area contributed by atoms with Crippen LogP contribution in [0.5, 0.6) is 0 Å². The van der Waals surface area contributed by atoms with Crippen LogP contribution in [0.25, 0.3) is 0 Å². The van der Waals surface area contributed by atoms with Crippen LogP contribution in [0, 0.1) is 5.92 Å². The van der Waals surface area contributed by atoms with Gasteiger partial charge in [-0.15, -0.1) is 0 Å². The van der Waals surface area contributed by atoms with Crippen molar-refractivity contribution in [2.75, 3.05) is 26.2 Å². The van der Waals surface area contributed by atoms with Gasteiger partial charge in [0.15, 0.2) is 0 Å². The molecular weight excluding hydrogens is 332 g/mol. The highest BCUT2D eigenvalue weighted by Gasteiger charge is 2.35. The van der Waals surface area contributed by atoms with Gasteiger partial charge in [-0.2, -0.15) is 0 Å². The van der Waals surface area contributed by atoms with E-state index in [-0.39, 0.29) is 5.92 Å². The summed E-state index contributed by atoms with van der Waals surface area (Å²) in [6.45, 7) is 4.61. The Morgan fingerprint density at radius 1 is 0.852 bits per heavy atom. The van der Waals surface area contributed by atoms with Crippen molar-refractivity contribution < 1.29 is 4.79 Å². The van der Waals surface area contributed by atoms with Crippen molar-refractivity contribution >= 4 is 5.91 Å². The SMILES string of the molecule is O=C([C@H](c1ccccc1)C1CCCC1)N1CCN(Cc2ccccc2)CC1. The fourth-order valence-corrected chi connectivity index (χ4v) is 4.73. The minimum Gasteiger partial charge on any atom is -0.340 e. The smallest absolute Gasteiger partial charge is 0.230 e. The quantitative estimate of drug-likeness (QED) is 0.791. The van der Waals surface area contributed by atoms with Crippen LogP contribution in [0.15, 0.2) is 60.7 Å². The molecule has 1 aliphatic heterocycles. The van der Waals surface area contributed by atoms with Crippen LogP contribution in [0.2, 0.25) is 0 Å². The van der Waals surface area contributed by atoms with E-state index in [0.29, 0.717) is 11.8 Å². The van der Waals surface area contributed by atoms with Gasteiger partial charge in [0.1, 0.15) is 0 Å². The number of hydrogen-bond acceptors (Lipinski definition) is 2. The zero-order valence-electron chi connectivity index (χ0n) is 16.1. The minimum absolute atomic E-state index is 0.0503. The van der Waals surface area contributed by atoms with Crippen molar-refractivity contribution in [3.8, 4) is 0 Å². The molecule has 3 heteroatoms. The third-order valence-electron chi connectivity index (χ3n) is 6.23. The van der Waals surface area contributed by atoms with Crippen LogP contribution >= 0.6 is 0 Å². The number of hydrogen-bond donors (Lipinski definition) is 0. The molecule has 4 rings (SSSR count). The molecule has 2 aromatic rings. The maximum atomic E-state index is 13.5. The maximum absolute atomic E-state index is 13.5. The molecule has 1 atom stereocenters. The van der Waals surface area contributed by atoms with Gasteiger partial charge in [0.05, 0.1) is 5.92 Å².